The summed E-state index contributed by atoms with van der Waals surface area (Å²) in [7, 11) is 0. The number of nitrogens with zero attached hydrogens (tertiary/aromatic N) is 6. The summed E-state index contributed by atoms with van der Waals surface area (Å²) < 4.78 is 1.37. The molecule has 0 aromatic carbocycles. The lowest BCUT2D eigenvalue weighted by Crippen LogP contribution is -2.10. The van der Waals surface area contributed by atoms with Gasteiger partial charge in [0.05, 0.1) is 6.54 Å². The Labute approximate surface area is 107 Å². The van der Waals surface area contributed by atoms with Gasteiger partial charge in [0.25, 0.3) is 5.95 Å². The zero-order valence-electron chi connectivity index (χ0n) is 8.51. The summed E-state index contributed by atoms with van der Waals surface area (Å²) in [5, 5.41) is 7.22. The zero-order chi connectivity index (χ0) is 12.3. The minimum Gasteiger partial charge on any atom is -0.349 e. The lowest BCUT2D eigenvalue weighted by Gasteiger charge is -2.05. The average Bonchev–Trinajstić information content (AvgIpc) is 2.79. The average molecular weight is 272 g/mol. The molecule has 0 aliphatic carbocycles. The molecule has 1 N–H and O–H groups in total. The van der Waals surface area contributed by atoms with Crippen molar-refractivity contribution in [3.05, 3.63) is 29.5 Å². The second-order valence-corrected chi connectivity index (χ2v) is 3.81. The fraction of sp³-hybridized carbons (Fsp3) is 0.125. The Morgan fingerprint density at radius 2 is 2.24 bits per heavy atom. The zero-order valence-corrected chi connectivity index (χ0v) is 10.0. The molecule has 2 aromatic rings. The summed E-state index contributed by atoms with van der Waals surface area (Å²) >= 11 is 11.4. The fourth-order valence-electron chi connectivity index (χ4n) is 1.01. The highest BCUT2D eigenvalue weighted by Gasteiger charge is 2.07. The Bertz CT molecular complexity index is 525. The van der Waals surface area contributed by atoms with Crippen LogP contribution in [0.4, 0.5) is 5.95 Å². The first-order valence-electron chi connectivity index (χ1n) is 4.49. The van der Waals surface area contributed by atoms with Crippen LogP contribution in [0.5, 0.6) is 0 Å². The van der Waals surface area contributed by atoms with Gasteiger partial charge >= 0.3 is 0 Å². The first-order chi connectivity index (χ1) is 8.15. The topological polar surface area (TPSA) is 81.4 Å². The van der Waals surface area contributed by atoms with Gasteiger partial charge in [0.15, 0.2) is 0 Å². The molecule has 9 heteroatoms. The van der Waals surface area contributed by atoms with E-state index in [1.54, 1.807) is 0 Å². The van der Waals surface area contributed by atoms with E-state index in [-0.39, 0.29) is 17.2 Å². The van der Waals surface area contributed by atoms with Gasteiger partial charge in [-0.1, -0.05) is 18.2 Å². The minimum absolute atomic E-state index is 0.0492. The lowest BCUT2D eigenvalue weighted by atomic mass is 10.6. The molecule has 0 saturated carbocycles. The first kappa shape index (κ1) is 11.7. The van der Waals surface area contributed by atoms with Crippen molar-refractivity contribution in [2.75, 3.05) is 11.9 Å². The number of aromatic nitrogens is 6. The maximum Gasteiger partial charge on any atom is 0.258 e. The Balaban J connectivity index is 2.26. The van der Waals surface area contributed by atoms with Crippen LogP contribution in [0.25, 0.3) is 5.95 Å². The predicted octanol–water partition coefficient (Wildman–Crippen LogP) is 1.27. The molecule has 0 bridgehead atoms. The molecule has 0 aliphatic heterocycles. The first-order valence-corrected chi connectivity index (χ1v) is 5.24. The summed E-state index contributed by atoms with van der Waals surface area (Å²) in [6, 6.07) is 0. The molecule has 0 radical (unpaired) electrons. The van der Waals surface area contributed by atoms with Crippen LogP contribution < -0.4 is 5.32 Å². The van der Waals surface area contributed by atoms with E-state index >= 15 is 0 Å². The molecule has 0 saturated heterocycles. The van der Waals surface area contributed by atoms with Crippen LogP contribution in [-0.4, -0.2) is 36.3 Å². The monoisotopic (exact) mass is 271 g/mol. The number of halogens is 2. The summed E-state index contributed by atoms with van der Waals surface area (Å²) in [4.78, 5) is 15.7. The number of hydrogen-bond donors (Lipinski definition) is 1. The van der Waals surface area contributed by atoms with Crippen molar-refractivity contribution in [2.45, 2.75) is 0 Å². The molecule has 7 nitrogen and oxygen atoms in total. The number of hydrogen-bond acceptors (Lipinski definition) is 6. The molecule has 0 amide bonds. The Kier molecular flexibility index (Phi) is 3.50. The summed E-state index contributed by atoms with van der Waals surface area (Å²) in [5.74, 6) is 0.558. The predicted molar refractivity (Wildman–Crippen MR) is 63.2 cm³/mol. The van der Waals surface area contributed by atoms with Gasteiger partial charge in [-0.15, -0.1) is 0 Å². The Morgan fingerprint density at radius 3 is 2.88 bits per heavy atom. The van der Waals surface area contributed by atoms with Crippen molar-refractivity contribution >= 4 is 29.2 Å². The summed E-state index contributed by atoms with van der Waals surface area (Å²) in [6.07, 6.45) is 2.82. The highest BCUT2D eigenvalue weighted by atomic mass is 35.5. The van der Waals surface area contributed by atoms with E-state index in [2.05, 4.69) is 36.9 Å². The highest BCUT2D eigenvalue weighted by molar-refractivity contribution is 6.29. The van der Waals surface area contributed by atoms with Crippen molar-refractivity contribution in [2.24, 2.45) is 0 Å². The van der Waals surface area contributed by atoms with E-state index in [1.165, 1.54) is 17.3 Å². The highest BCUT2D eigenvalue weighted by Crippen LogP contribution is 2.09. The normalized spacial score (nSPS) is 10.2. The third-order valence-corrected chi connectivity index (χ3v) is 1.96. The number of rotatable bonds is 4. The summed E-state index contributed by atoms with van der Waals surface area (Å²) in [5.41, 5.74) is 0. The van der Waals surface area contributed by atoms with E-state index in [4.69, 9.17) is 23.2 Å². The molecule has 0 atom stereocenters. The Morgan fingerprint density at radius 1 is 1.41 bits per heavy atom. The Hall–Kier alpha value is -1.73. The van der Waals surface area contributed by atoms with Gasteiger partial charge in [-0.3, -0.25) is 0 Å². The van der Waals surface area contributed by atoms with Crippen molar-refractivity contribution in [3.8, 4) is 5.95 Å². The quantitative estimate of drug-likeness (QED) is 0.902. The SMILES string of the molecule is C=C(Cl)CNc1nc(Cl)nc(-n2cncn2)n1. The smallest absolute Gasteiger partial charge is 0.258 e. The number of anilines is 1. The van der Waals surface area contributed by atoms with E-state index in [0.29, 0.717) is 11.6 Å². The van der Waals surface area contributed by atoms with Crippen LogP contribution in [0.3, 0.4) is 0 Å². The largest absolute Gasteiger partial charge is 0.349 e. The number of nitrogens with one attached hydrogen (secondary N) is 1. The van der Waals surface area contributed by atoms with Crippen molar-refractivity contribution in [1.29, 1.82) is 0 Å². The molecular formula is C8H7Cl2N7. The van der Waals surface area contributed by atoms with Crippen LogP contribution in [-0.2, 0) is 0 Å². The van der Waals surface area contributed by atoms with Crippen molar-refractivity contribution in [1.82, 2.24) is 29.7 Å². The van der Waals surface area contributed by atoms with Gasteiger partial charge in [0.1, 0.15) is 12.7 Å². The van der Waals surface area contributed by atoms with Gasteiger partial charge in [0, 0.05) is 5.03 Å². The van der Waals surface area contributed by atoms with Crippen LogP contribution in [0.2, 0.25) is 5.28 Å². The van der Waals surface area contributed by atoms with Gasteiger partial charge in [-0.2, -0.15) is 24.7 Å². The van der Waals surface area contributed by atoms with E-state index in [0.717, 1.165) is 0 Å². The molecule has 17 heavy (non-hydrogen) atoms. The molecule has 0 unspecified atom stereocenters. The lowest BCUT2D eigenvalue weighted by molar-refractivity contribution is 0.795. The second kappa shape index (κ2) is 5.07. The molecule has 2 aromatic heterocycles. The molecule has 0 spiro atoms. The van der Waals surface area contributed by atoms with Gasteiger partial charge in [-0.05, 0) is 11.6 Å². The summed E-state index contributed by atoms with van der Waals surface area (Å²) in [6.45, 7) is 3.87. The standard InChI is InChI=1S/C8H7Cl2N7/c1-5(9)2-12-7-14-6(10)15-8(16-7)17-4-11-3-13-17/h3-4H,1-2H2,(H,12,14,15,16). The fourth-order valence-corrected chi connectivity index (χ4v) is 1.23. The van der Waals surface area contributed by atoms with Gasteiger partial charge < -0.3 is 5.32 Å². The molecule has 88 valence electrons. The molecule has 0 aliphatic rings. The van der Waals surface area contributed by atoms with Crippen molar-refractivity contribution < 1.29 is 0 Å². The third-order valence-electron chi connectivity index (χ3n) is 1.66. The third kappa shape index (κ3) is 3.11. The van der Waals surface area contributed by atoms with Crippen LogP contribution in [0.1, 0.15) is 0 Å². The maximum absolute atomic E-state index is 5.76. The molecule has 2 rings (SSSR count). The van der Waals surface area contributed by atoms with Gasteiger partial charge in [-0.25, -0.2) is 4.98 Å². The second-order valence-electron chi connectivity index (χ2n) is 2.94. The van der Waals surface area contributed by atoms with E-state index in [1.807, 2.05) is 0 Å². The van der Waals surface area contributed by atoms with Crippen molar-refractivity contribution in [3.63, 3.8) is 0 Å². The maximum atomic E-state index is 5.76. The van der Waals surface area contributed by atoms with E-state index in [9.17, 15) is 0 Å². The minimum atomic E-state index is 0.0492. The van der Waals surface area contributed by atoms with Gasteiger partial charge in [0.2, 0.25) is 11.2 Å². The molecule has 0 fully saturated rings. The van der Waals surface area contributed by atoms with Crippen LogP contribution >= 0.6 is 23.2 Å². The molecule has 2 heterocycles. The van der Waals surface area contributed by atoms with E-state index < -0.39 is 0 Å². The van der Waals surface area contributed by atoms with Crippen LogP contribution in [0.15, 0.2) is 24.3 Å². The van der Waals surface area contributed by atoms with Crippen LogP contribution in [0, 0.1) is 0 Å². The molecular weight excluding hydrogens is 265 g/mol.